The smallest absolute Gasteiger partial charge is 0.313 e. The SMILES string of the molecule is CCC(C(=O)O[C@H]1CC[C@@]2(C)C(=CC(=O)C3C2CC[C@@]2(C)C3CC[C@@H]2NC(C)=O)C1)c1ccc(N(CCCl)CCCl)cc1. The molecule has 5 rings (SSSR count). The van der Waals surface area contributed by atoms with Crippen molar-refractivity contribution in [3.8, 4) is 0 Å². The van der Waals surface area contributed by atoms with E-state index in [1.54, 1.807) is 6.92 Å². The van der Waals surface area contributed by atoms with E-state index in [0.717, 1.165) is 49.8 Å². The molecule has 0 aliphatic heterocycles. The molecule has 4 unspecified atom stereocenters. The van der Waals surface area contributed by atoms with Gasteiger partial charge in [-0.15, -0.1) is 23.2 Å². The van der Waals surface area contributed by atoms with Crippen molar-refractivity contribution < 1.29 is 19.1 Å². The highest BCUT2D eigenvalue weighted by Gasteiger charge is 2.61. The quantitative estimate of drug-likeness (QED) is 0.222. The van der Waals surface area contributed by atoms with Crippen molar-refractivity contribution in [3.63, 3.8) is 0 Å². The van der Waals surface area contributed by atoms with Crippen molar-refractivity contribution in [2.45, 2.75) is 97.1 Å². The molecule has 0 saturated heterocycles. The van der Waals surface area contributed by atoms with Gasteiger partial charge in [0, 0.05) is 55.8 Å². The zero-order valence-electron chi connectivity index (χ0n) is 26.2. The van der Waals surface area contributed by atoms with Gasteiger partial charge in [-0.2, -0.15) is 0 Å². The number of hydrogen-bond donors (Lipinski definition) is 1. The number of ketones is 1. The summed E-state index contributed by atoms with van der Waals surface area (Å²) in [6, 6.07) is 8.23. The monoisotopic (exact) mass is 630 g/mol. The van der Waals surface area contributed by atoms with Crippen molar-refractivity contribution >= 4 is 46.5 Å². The molecule has 3 fully saturated rings. The molecular formula is C35H48Cl2N2O4. The Kier molecular flexibility index (Phi) is 9.87. The number of benzene rings is 1. The van der Waals surface area contributed by atoms with E-state index < -0.39 is 0 Å². The van der Waals surface area contributed by atoms with Crippen LogP contribution in [0.2, 0.25) is 0 Å². The molecule has 6 nitrogen and oxygen atoms in total. The lowest BCUT2D eigenvalue weighted by molar-refractivity contribution is -0.153. The zero-order chi connectivity index (χ0) is 30.9. The number of alkyl halides is 2. The van der Waals surface area contributed by atoms with Crippen LogP contribution in [0.4, 0.5) is 5.69 Å². The average Bonchev–Trinajstić information content (AvgIpc) is 3.29. The molecule has 8 heteroatoms. The Balaban J connectivity index is 1.27. The Hall–Kier alpha value is -2.05. The number of carbonyl (C=O) groups is 3. The second-order valence-electron chi connectivity index (χ2n) is 13.8. The Morgan fingerprint density at radius 2 is 1.72 bits per heavy atom. The third-order valence-corrected chi connectivity index (χ3v) is 12.0. The number of fused-ring (bicyclic) bond motifs is 5. The maximum atomic E-state index is 13.8. The first-order valence-corrected chi connectivity index (χ1v) is 17.3. The van der Waals surface area contributed by atoms with Crippen LogP contribution in [0.3, 0.4) is 0 Å². The molecule has 43 heavy (non-hydrogen) atoms. The maximum Gasteiger partial charge on any atom is 0.313 e. The fraction of sp³-hybridized carbons (Fsp3) is 0.686. The average molecular weight is 632 g/mol. The van der Waals surface area contributed by atoms with Crippen LogP contribution in [0.15, 0.2) is 35.9 Å². The lowest BCUT2D eigenvalue weighted by Crippen LogP contribution is -2.56. The van der Waals surface area contributed by atoms with E-state index in [-0.39, 0.29) is 52.5 Å². The number of nitrogens with one attached hydrogen (secondary N) is 1. The molecule has 0 aromatic heterocycles. The number of amides is 1. The highest BCUT2D eigenvalue weighted by Crippen LogP contribution is 2.64. The summed E-state index contributed by atoms with van der Waals surface area (Å²) in [7, 11) is 0. The van der Waals surface area contributed by atoms with E-state index in [9.17, 15) is 14.4 Å². The number of halogens is 2. The summed E-state index contributed by atoms with van der Waals surface area (Å²) in [6.07, 6.45) is 8.70. The molecular weight excluding hydrogens is 583 g/mol. The molecule has 0 bridgehead atoms. The predicted molar refractivity (Wildman–Crippen MR) is 173 cm³/mol. The van der Waals surface area contributed by atoms with Gasteiger partial charge in [0.15, 0.2) is 5.78 Å². The van der Waals surface area contributed by atoms with Crippen LogP contribution < -0.4 is 10.2 Å². The minimum atomic E-state index is -0.335. The Morgan fingerprint density at radius 1 is 1.02 bits per heavy atom. The van der Waals surface area contributed by atoms with Crippen molar-refractivity contribution in [1.29, 1.82) is 0 Å². The number of hydrogen-bond acceptors (Lipinski definition) is 5. The minimum absolute atomic E-state index is 0.0163. The van der Waals surface area contributed by atoms with Crippen molar-refractivity contribution in [3.05, 3.63) is 41.5 Å². The molecule has 4 aliphatic carbocycles. The maximum absolute atomic E-state index is 13.8. The molecule has 4 aliphatic rings. The van der Waals surface area contributed by atoms with Crippen molar-refractivity contribution in [2.24, 2.45) is 28.6 Å². The first-order chi connectivity index (χ1) is 20.5. The summed E-state index contributed by atoms with van der Waals surface area (Å²) in [5.41, 5.74) is 3.07. The van der Waals surface area contributed by atoms with Crippen LogP contribution in [-0.2, 0) is 19.1 Å². The molecule has 1 N–H and O–H groups in total. The van der Waals surface area contributed by atoms with Gasteiger partial charge in [0.1, 0.15) is 6.10 Å². The topological polar surface area (TPSA) is 75.7 Å². The van der Waals surface area contributed by atoms with Crippen LogP contribution in [0, 0.1) is 28.6 Å². The third-order valence-electron chi connectivity index (χ3n) is 11.6. The standard InChI is InChI=1S/C35H48Cl2N2O4/c1-5-27(23-6-8-25(9-7-23)39(18-16-36)19-17-37)33(42)43-26-12-14-34(3)24(20-26)21-30(41)32-28-10-11-31(38-22(2)40)35(28,4)15-13-29(32)34/h6-9,21,26-29,31-32H,5,10-20H2,1-4H3,(H,38,40)/t26-,27?,28?,29?,31-,32?,34-,35-/m0/s1. The van der Waals surface area contributed by atoms with Gasteiger partial charge >= 0.3 is 5.97 Å². The van der Waals surface area contributed by atoms with Crippen molar-refractivity contribution in [1.82, 2.24) is 5.32 Å². The van der Waals surface area contributed by atoms with Crippen LogP contribution in [0.25, 0.3) is 0 Å². The second-order valence-corrected chi connectivity index (χ2v) is 14.6. The van der Waals surface area contributed by atoms with E-state index in [4.69, 9.17) is 27.9 Å². The fourth-order valence-electron chi connectivity index (χ4n) is 9.23. The summed E-state index contributed by atoms with van der Waals surface area (Å²) in [4.78, 5) is 41.3. The van der Waals surface area contributed by atoms with Gasteiger partial charge in [0.2, 0.25) is 5.91 Å². The molecule has 0 radical (unpaired) electrons. The molecule has 0 spiro atoms. The number of nitrogens with zero attached hydrogens (tertiary/aromatic N) is 1. The zero-order valence-corrected chi connectivity index (χ0v) is 27.7. The second kappa shape index (κ2) is 13.1. The molecule has 0 heterocycles. The number of allylic oxidation sites excluding steroid dienone is 1. The van der Waals surface area contributed by atoms with Gasteiger partial charge in [-0.05, 0) is 91.4 Å². The first kappa shape index (κ1) is 32.3. The van der Waals surface area contributed by atoms with E-state index in [2.05, 4.69) is 24.1 Å². The minimum Gasteiger partial charge on any atom is -0.462 e. The Bertz CT molecular complexity index is 1230. The van der Waals surface area contributed by atoms with Gasteiger partial charge in [-0.1, -0.05) is 38.5 Å². The van der Waals surface area contributed by atoms with Gasteiger partial charge in [-0.25, -0.2) is 0 Å². The number of carbonyl (C=O) groups excluding carboxylic acids is 3. The number of ether oxygens (including phenoxy) is 1. The fourth-order valence-corrected chi connectivity index (χ4v) is 9.64. The molecule has 1 amide bonds. The van der Waals surface area contributed by atoms with E-state index >= 15 is 0 Å². The Morgan fingerprint density at radius 3 is 2.35 bits per heavy atom. The van der Waals surface area contributed by atoms with Crippen LogP contribution in [-0.4, -0.2) is 54.7 Å². The lowest BCUT2D eigenvalue weighted by Gasteiger charge is -2.57. The van der Waals surface area contributed by atoms with E-state index in [1.807, 2.05) is 37.3 Å². The summed E-state index contributed by atoms with van der Waals surface area (Å²) in [6.45, 7) is 9.67. The van der Waals surface area contributed by atoms with Crippen LogP contribution in [0.1, 0.15) is 90.5 Å². The molecule has 236 valence electrons. The lowest BCUT2D eigenvalue weighted by atomic mass is 9.47. The number of esters is 1. The highest BCUT2D eigenvalue weighted by molar-refractivity contribution is 6.18. The molecule has 1 aromatic rings. The van der Waals surface area contributed by atoms with Crippen molar-refractivity contribution in [2.75, 3.05) is 29.7 Å². The van der Waals surface area contributed by atoms with E-state index in [0.29, 0.717) is 49.5 Å². The van der Waals surface area contributed by atoms with Gasteiger partial charge < -0.3 is 15.0 Å². The number of anilines is 1. The van der Waals surface area contributed by atoms with E-state index in [1.165, 1.54) is 5.57 Å². The van der Waals surface area contributed by atoms with Crippen LogP contribution in [0.5, 0.6) is 0 Å². The molecule has 3 saturated carbocycles. The molecule has 1 aromatic carbocycles. The summed E-state index contributed by atoms with van der Waals surface area (Å²) < 4.78 is 6.18. The first-order valence-electron chi connectivity index (χ1n) is 16.2. The Labute approximate surface area is 267 Å². The predicted octanol–water partition coefficient (Wildman–Crippen LogP) is 7.02. The van der Waals surface area contributed by atoms with Gasteiger partial charge in [0.25, 0.3) is 0 Å². The normalized spacial score (nSPS) is 33.9. The third kappa shape index (κ3) is 6.12. The van der Waals surface area contributed by atoms with Gasteiger partial charge in [0.05, 0.1) is 5.92 Å². The summed E-state index contributed by atoms with van der Waals surface area (Å²) in [5, 5.41) is 3.20. The summed E-state index contributed by atoms with van der Waals surface area (Å²) >= 11 is 12.0. The molecule has 8 atom stereocenters. The largest absolute Gasteiger partial charge is 0.462 e. The van der Waals surface area contributed by atoms with Gasteiger partial charge in [-0.3, -0.25) is 14.4 Å². The summed E-state index contributed by atoms with van der Waals surface area (Å²) in [5.74, 6) is 1.40. The van der Waals surface area contributed by atoms with Crippen LogP contribution >= 0.6 is 23.2 Å². The highest BCUT2D eigenvalue weighted by atomic mass is 35.5. The number of rotatable bonds is 10.